The van der Waals surface area contributed by atoms with Gasteiger partial charge in [0, 0.05) is 25.7 Å². The van der Waals surface area contributed by atoms with Crippen molar-refractivity contribution in [3.8, 4) is 0 Å². The van der Waals surface area contributed by atoms with Gasteiger partial charge in [0.2, 0.25) is 0 Å². The van der Waals surface area contributed by atoms with Crippen LogP contribution >= 0.6 is 0 Å². The van der Waals surface area contributed by atoms with Crippen LogP contribution in [0.5, 0.6) is 0 Å². The molecule has 1 aliphatic rings. The SMILES string of the molecule is CCN(CC1CC1)c1ccc(CNC(C)C)cc1F. The lowest BCUT2D eigenvalue weighted by Gasteiger charge is -2.24. The van der Waals surface area contributed by atoms with Crippen LogP contribution in [0.15, 0.2) is 18.2 Å². The van der Waals surface area contributed by atoms with Crippen LogP contribution in [0.1, 0.15) is 39.2 Å². The van der Waals surface area contributed by atoms with Gasteiger partial charge >= 0.3 is 0 Å². The van der Waals surface area contributed by atoms with Gasteiger partial charge < -0.3 is 10.2 Å². The molecule has 1 aromatic carbocycles. The summed E-state index contributed by atoms with van der Waals surface area (Å²) >= 11 is 0. The molecule has 0 bridgehead atoms. The van der Waals surface area contributed by atoms with E-state index in [0.717, 1.165) is 36.8 Å². The first-order chi connectivity index (χ1) is 9.10. The minimum atomic E-state index is -0.0921. The molecule has 0 aromatic heterocycles. The summed E-state index contributed by atoms with van der Waals surface area (Å²) in [6, 6.07) is 6.05. The minimum Gasteiger partial charge on any atom is -0.369 e. The van der Waals surface area contributed by atoms with Crippen LogP contribution in [0.25, 0.3) is 0 Å². The summed E-state index contributed by atoms with van der Waals surface area (Å²) in [6.07, 6.45) is 2.60. The molecule has 19 heavy (non-hydrogen) atoms. The first kappa shape index (κ1) is 14.3. The van der Waals surface area contributed by atoms with Gasteiger partial charge in [0.05, 0.1) is 5.69 Å². The molecule has 1 N–H and O–H groups in total. The van der Waals surface area contributed by atoms with Crippen LogP contribution in [0.4, 0.5) is 10.1 Å². The summed E-state index contributed by atoms with van der Waals surface area (Å²) < 4.78 is 14.2. The minimum absolute atomic E-state index is 0.0921. The Kier molecular flexibility index (Phi) is 4.81. The number of nitrogens with zero attached hydrogens (tertiary/aromatic N) is 1. The van der Waals surface area contributed by atoms with Gasteiger partial charge in [-0.2, -0.15) is 0 Å². The molecule has 0 saturated heterocycles. The molecule has 0 atom stereocenters. The molecule has 1 fully saturated rings. The average molecular weight is 264 g/mol. The summed E-state index contributed by atoms with van der Waals surface area (Å²) in [5.41, 5.74) is 1.76. The molecule has 0 amide bonds. The van der Waals surface area contributed by atoms with Gasteiger partial charge in [-0.25, -0.2) is 4.39 Å². The highest BCUT2D eigenvalue weighted by atomic mass is 19.1. The fraction of sp³-hybridized carbons (Fsp3) is 0.625. The van der Waals surface area contributed by atoms with Crippen molar-refractivity contribution in [1.82, 2.24) is 5.32 Å². The molecule has 2 rings (SSSR count). The lowest BCUT2D eigenvalue weighted by Crippen LogP contribution is -2.26. The number of rotatable bonds is 7. The predicted octanol–water partition coefficient (Wildman–Crippen LogP) is 3.56. The number of benzene rings is 1. The van der Waals surface area contributed by atoms with E-state index in [1.54, 1.807) is 6.07 Å². The van der Waals surface area contributed by atoms with E-state index in [-0.39, 0.29) is 5.82 Å². The summed E-state index contributed by atoms with van der Waals surface area (Å²) in [5.74, 6) is 0.687. The van der Waals surface area contributed by atoms with Crippen LogP contribution < -0.4 is 10.2 Å². The van der Waals surface area contributed by atoms with E-state index in [2.05, 4.69) is 31.0 Å². The molecule has 3 heteroatoms. The molecule has 0 unspecified atom stereocenters. The van der Waals surface area contributed by atoms with Crippen molar-refractivity contribution in [2.75, 3.05) is 18.0 Å². The van der Waals surface area contributed by atoms with Crippen LogP contribution in [0, 0.1) is 11.7 Å². The molecular formula is C16H25FN2. The Morgan fingerprint density at radius 3 is 2.63 bits per heavy atom. The molecule has 0 aliphatic heterocycles. The van der Waals surface area contributed by atoms with Gasteiger partial charge in [-0.05, 0) is 43.4 Å². The average Bonchev–Trinajstić information content (AvgIpc) is 3.18. The first-order valence-electron chi connectivity index (χ1n) is 7.37. The number of nitrogens with one attached hydrogen (secondary N) is 1. The van der Waals surface area contributed by atoms with E-state index in [4.69, 9.17) is 0 Å². The smallest absolute Gasteiger partial charge is 0.146 e. The first-order valence-corrected chi connectivity index (χ1v) is 7.37. The van der Waals surface area contributed by atoms with E-state index >= 15 is 0 Å². The zero-order chi connectivity index (χ0) is 13.8. The Morgan fingerprint density at radius 1 is 1.37 bits per heavy atom. The maximum absolute atomic E-state index is 14.2. The zero-order valence-corrected chi connectivity index (χ0v) is 12.2. The maximum atomic E-state index is 14.2. The summed E-state index contributed by atoms with van der Waals surface area (Å²) in [4.78, 5) is 2.16. The third-order valence-electron chi connectivity index (χ3n) is 3.62. The van der Waals surface area contributed by atoms with Gasteiger partial charge in [0.1, 0.15) is 5.82 Å². The molecule has 1 saturated carbocycles. The molecular weight excluding hydrogens is 239 g/mol. The predicted molar refractivity (Wildman–Crippen MR) is 79.0 cm³/mol. The third kappa shape index (κ3) is 4.20. The van der Waals surface area contributed by atoms with Crippen LogP contribution in [-0.4, -0.2) is 19.1 Å². The van der Waals surface area contributed by atoms with E-state index < -0.39 is 0 Å². The highest BCUT2D eigenvalue weighted by Gasteiger charge is 2.24. The monoisotopic (exact) mass is 264 g/mol. The van der Waals surface area contributed by atoms with Crippen molar-refractivity contribution in [2.45, 2.75) is 46.2 Å². The Labute approximate surface area is 116 Å². The Bertz CT molecular complexity index is 413. The normalized spacial score (nSPS) is 15.0. The molecule has 106 valence electrons. The Morgan fingerprint density at radius 2 is 2.11 bits per heavy atom. The fourth-order valence-corrected chi connectivity index (χ4v) is 2.25. The number of anilines is 1. The largest absolute Gasteiger partial charge is 0.369 e. The van der Waals surface area contributed by atoms with Crippen LogP contribution in [0.2, 0.25) is 0 Å². The van der Waals surface area contributed by atoms with Crippen molar-refractivity contribution in [2.24, 2.45) is 5.92 Å². The lowest BCUT2D eigenvalue weighted by atomic mass is 10.1. The van der Waals surface area contributed by atoms with Gasteiger partial charge in [-0.15, -0.1) is 0 Å². The van der Waals surface area contributed by atoms with Gasteiger partial charge in [0.25, 0.3) is 0 Å². The molecule has 1 aromatic rings. The summed E-state index contributed by atoms with van der Waals surface area (Å²) in [6.45, 7) is 8.88. The highest BCUT2D eigenvalue weighted by molar-refractivity contribution is 5.49. The zero-order valence-electron chi connectivity index (χ0n) is 12.2. The van der Waals surface area contributed by atoms with Crippen molar-refractivity contribution < 1.29 is 4.39 Å². The van der Waals surface area contributed by atoms with Crippen LogP contribution in [-0.2, 0) is 6.54 Å². The molecule has 2 nitrogen and oxygen atoms in total. The second-order valence-corrected chi connectivity index (χ2v) is 5.80. The van der Waals surface area contributed by atoms with Crippen molar-refractivity contribution >= 4 is 5.69 Å². The molecule has 0 radical (unpaired) electrons. The second-order valence-electron chi connectivity index (χ2n) is 5.80. The second kappa shape index (κ2) is 6.38. The van der Waals surface area contributed by atoms with Gasteiger partial charge in [-0.1, -0.05) is 19.9 Å². The molecule has 1 aliphatic carbocycles. The van der Waals surface area contributed by atoms with Crippen molar-refractivity contribution in [1.29, 1.82) is 0 Å². The number of hydrogen-bond donors (Lipinski definition) is 1. The van der Waals surface area contributed by atoms with Gasteiger partial charge in [0.15, 0.2) is 0 Å². The Hall–Kier alpha value is -1.09. The van der Waals surface area contributed by atoms with Crippen molar-refractivity contribution in [3.63, 3.8) is 0 Å². The van der Waals surface area contributed by atoms with E-state index in [9.17, 15) is 4.39 Å². The van der Waals surface area contributed by atoms with E-state index in [1.165, 1.54) is 12.8 Å². The number of halogens is 1. The Balaban J connectivity index is 2.04. The topological polar surface area (TPSA) is 15.3 Å². The summed E-state index contributed by atoms with van der Waals surface area (Å²) in [7, 11) is 0. The highest BCUT2D eigenvalue weighted by Crippen LogP contribution is 2.32. The molecule has 0 spiro atoms. The fourth-order valence-electron chi connectivity index (χ4n) is 2.25. The van der Waals surface area contributed by atoms with Gasteiger partial charge in [-0.3, -0.25) is 0 Å². The number of hydrogen-bond acceptors (Lipinski definition) is 2. The summed E-state index contributed by atoms with van der Waals surface area (Å²) in [5, 5.41) is 3.31. The lowest BCUT2D eigenvalue weighted by molar-refractivity contribution is 0.579. The maximum Gasteiger partial charge on any atom is 0.146 e. The van der Waals surface area contributed by atoms with E-state index in [1.807, 2.05) is 12.1 Å². The quantitative estimate of drug-likeness (QED) is 0.810. The molecule has 0 heterocycles. The van der Waals surface area contributed by atoms with Crippen LogP contribution in [0.3, 0.4) is 0 Å². The standard InChI is InChI=1S/C16H25FN2/c1-4-19(11-13-5-6-13)16-8-7-14(9-15(16)17)10-18-12(2)3/h7-9,12-13,18H,4-6,10-11H2,1-3H3. The van der Waals surface area contributed by atoms with Crippen molar-refractivity contribution in [3.05, 3.63) is 29.6 Å². The third-order valence-corrected chi connectivity index (χ3v) is 3.62. The van der Waals surface area contributed by atoms with E-state index in [0.29, 0.717) is 6.04 Å².